The largest absolute Gasteiger partial charge is 0.299 e. The molecule has 0 aliphatic carbocycles. The molecule has 1 fully saturated rings. The molecule has 5 aromatic heterocycles. The van der Waals surface area contributed by atoms with Crippen LogP contribution >= 0.6 is 12.6 Å². The van der Waals surface area contributed by atoms with Gasteiger partial charge in [-0.15, -0.1) is 22.8 Å². The Labute approximate surface area is 259 Å². The molecule has 2 aromatic carbocycles. The van der Waals surface area contributed by atoms with E-state index in [1.165, 1.54) is 5.56 Å². The number of benzene rings is 2. The summed E-state index contributed by atoms with van der Waals surface area (Å²) in [6.45, 7) is 2.95. The van der Waals surface area contributed by atoms with Gasteiger partial charge in [-0.25, -0.2) is 9.97 Å². The van der Waals surface area contributed by atoms with Crippen molar-refractivity contribution in [2.45, 2.75) is 30.5 Å². The van der Waals surface area contributed by atoms with Gasteiger partial charge in [0.15, 0.2) is 22.5 Å². The van der Waals surface area contributed by atoms with Gasteiger partial charge in [-0.3, -0.25) is 19.4 Å². The molecule has 6 heterocycles. The normalized spacial score (nSPS) is 14.5. The lowest BCUT2D eigenvalue weighted by Gasteiger charge is -2.30. The van der Waals surface area contributed by atoms with Gasteiger partial charge in [0, 0.05) is 29.6 Å². The molecule has 7 aromatic rings. The highest BCUT2D eigenvalue weighted by Gasteiger charge is 2.24. The smallest absolute Gasteiger partial charge is 0.193 e. The summed E-state index contributed by atoms with van der Waals surface area (Å²) >= 11 is 4.57. The van der Waals surface area contributed by atoms with Crippen molar-refractivity contribution in [3.8, 4) is 34.0 Å². The maximum atomic E-state index is 5.06. The Morgan fingerprint density at radius 3 is 2.41 bits per heavy atom. The number of hydrogen-bond acceptors (Lipinski definition) is 8. The Morgan fingerprint density at radius 1 is 0.795 bits per heavy atom. The van der Waals surface area contributed by atoms with E-state index in [1.54, 1.807) is 6.20 Å². The monoisotopic (exact) mass is 595 g/mol. The molecular formula is C34H29N9S. The van der Waals surface area contributed by atoms with Crippen LogP contribution in [0.4, 0.5) is 0 Å². The van der Waals surface area contributed by atoms with Crippen molar-refractivity contribution < 1.29 is 0 Å². The van der Waals surface area contributed by atoms with E-state index in [0.29, 0.717) is 11.1 Å². The maximum absolute atomic E-state index is 5.06. The molecular weight excluding hydrogens is 567 g/mol. The molecule has 0 saturated carbocycles. The topological polar surface area (TPSA) is 101 Å². The van der Waals surface area contributed by atoms with Crippen LogP contribution in [0.3, 0.4) is 0 Å². The Bertz CT molecular complexity index is 2060. The molecule has 9 nitrogen and oxygen atoms in total. The second-order valence-electron chi connectivity index (χ2n) is 11.2. The van der Waals surface area contributed by atoms with Gasteiger partial charge in [-0.05, 0) is 67.4 Å². The van der Waals surface area contributed by atoms with E-state index in [2.05, 4.69) is 97.5 Å². The Kier molecular flexibility index (Phi) is 6.85. The molecule has 1 saturated heterocycles. The van der Waals surface area contributed by atoms with Crippen LogP contribution in [-0.4, -0.2) is 57.7 Å². The van der Waals surface area contributed by atoms with E-state index >= 15 is 0 Å². The van der Waals surface area contributed by atoms with Gasteiger partial charge in [-0.2, -0.15) is 5.10 Å². The third-order valence-corrected chi connectivity index (χ3v) is 8.70. The number of aromatic nitrogens is 8. The van der Waals surface area contributed by atoms with Crippen LogP contribution in [0.25, 0.3) is 50.6 Å². The van der Waals surface area contributed by atoms with Crippen molar-refractivity contribution >= 4 is 29.2 Å². The van der Waals surface area contributed by atoms with E-state index in [9.17, 15) is 0 Å². The van der Waals surface area contributed by atoms with Crippen molar-refractivity contribution in [1.29, 1.82) is 0 Å². The number of nitrogens with one attached hydrogen (secondary N) is 1. The molecule has 0 radical (unpaired) electrons. The molecule has 0 atom stereocenters. The molecule has 44 heavy (non-hydrogen) atoms. The fraction of sp³-hybridized carbons (Fsp3) is 0.176. The van der Waals surface area contributed by atoms with Crippen molar-refractivity contribution in [3.05, 3.63) is 109 Å². The molecule has 0 bridgehead atoms. The average Bonchev–Trinajstić information content (AvgIpc) is 3.74. The summed E-state index contributed by atoms with van der Waals surface area (Å²) in [5.41, 5.74) is 7.77. The van der Waals surface area contributed by atoms with Crippen LogP contribution in [0.1, 0.15) is 30.1 Å². The van der Waals surface area contributed by atoms with Gasteiger partial charge in [0.1, 0.15) is 5.69 Å². The van der Waals surface area contributed by atoms with E-state index < -0.39 is 0 Å². The summed E-state index contributed by atoms with van der Waals surface area (Å²) in [6, 6.07) is 31.0. The SMILES string of the molecule is Sc1nnc2c3ccc(-c4ccc(CN5CCC(c6n[nH]c(-c7ccccn7)n6)CC5)cc4)nc3cc(-c3ccccc3)n12. The van der Waals surface area contributed by atoms with E-state index in [1.807, 2.05) is 40.8 Å². The lowest BCUT2D eigenvalue weighted by molar-refractivity contribution is 0.202. The van der Waals surface area contributed by atoms with Crippen molar-refractivity contribution in [3.63, 3.8) is 0 Å². The lowest BCUT2D eigenvalue weighted by atomic mass is 9.95. The number of aromatic amines is 1. The van der Waals surface area contributed by atoms with Gasteiger partial charge in [0.05, 0.1) is 16.9 Å². The fourth-order valence-electron chi connectivity index (χ4n) is 6.09. The zero-order chi connectivity index (χ0) is 29.5. The number of hydrogen-bond donors (Lipinski definition) is 2. The number of likely N-dealkylation sites (tertiary alicyclic amines) is 1. The van der Waals surface area contributed by atoms with Crippen LogP contribution < -0.4 is 0 Å². The second-order valence-corrected chi connectivity index (χ2v) is 11.6. The third kappa shape index (κ3) is 5.01. The number of rotatable bonds is 6. The summed E-state index contributed by atoms with van der Waals surface area (Å²) in [7, 11) is 0. The molecule has 10 heteroatoms. The quantitative estimate of drug-likeness (QED) is 0.213. The first-order valence-corrected chi connectivity index (χ1v) is 15.2. The minimum absolute atomic E-state index is 0.363. The Morgan fingerprint density at radius 2 is 1.61 bits per heavy atom. The van der Waals surface area contributed by atoms with Gasteiger partial charge in [0.25, 0.3) is 0 Å². The van der Waals surface area contributed by atoms with Gasteiger partial charge < -0.3 is 0 Å². The number of pyridine rings is 3. The van der Waals surface area contributed by atoms with Crippen molar-refractivity contribution in [2.75, 3.05) is 13.1 Å². The first-order chi connectivity index (χ1) is 21.7. The second kappa shape index (κ2) is 11.3. The third-order valence-electron chi connectivity index (χ3n) is 8.41. The van der Waals surface area contributed by atoms with Crippen LogP contribution in [0.2, 0.25) is 0 Å². The van der Waals surface area contributed by atoms with E-state index in [4.69, 9.17) is 9.97 Å². The minimum atomic E-state index is 0.363. The highest BCUT2D eigenvalue weighted by Crippen LogP contribution is 2.31. The van der Waals surface area contributed by atoms with E-state index in [-0.39, 0.29) is 0 Å². The summed E-state index contributed by atoms with van der Waals surface area (Å²) in [5, 5.41) is 17.7. The first kappa shape index (κ1) is 26.7. The molecule has 0 spiro atoms. The summed E-state index contributed by atoms with van der Waals surface area (Å²) in [5.74, 6) is 1.99. The molecule has 216 valence electrons. The van der Waals surface area contributed by atoms with Crippen LogP contribution in [0.15, 0.2) is 102 Å². The van der Waals surface area contributed by atoms with Crippen LogP contribution in [-0.2, 0) is 6.54 Å². The summed E-state index contributed by atoms with van der Waals surface area (Å²) < 4.78 is 1.98. The lowest BCUT2D eigenvalue weighted by Crippen LogP contribution is -2.32. The number of H-pyrrole nitrogens is 1. The Balaban J connectivity index is 0.971. The average molecular weight is 596 g/mol. The van der Waals surface area contributed by atoms with Crippen LogP contribution in [0.5, 0.6) is 0 Å². The zero-order valence-electron chi connectivity index (χ0n) is 23.9. The van der Waals surface area contributed by atoms with Crippen molar-refractivity contribution in [2.24, 2.45) is 0 Å². The molecule has 1 N–H and O–H groups in total. The van der Waals surface area contributed by atoms with Gasteiger partial charge in [0.2, 0.25) is 0 Å². The van der Waals surface area contributed by atoms with Gasteiger partial charge in [-0.1, -0.05) is 60.7 Å². The first-order valence-electron chi connectivity index (χ1n) is 14.8. The van der Waals surface area contributed by atoms with Crippen LogP contribution in [0, 0.1) is 0 Å². The number of piperidine rings is 1. The Hall–Kier alpha value is -4.93. The predicted octanol–water partition coefficient (Wildman–Crippen LogP) is 6.46. The minimum Gasteiger partial charge on any atom is -0.299 e. The molecule has 1 aliphatic heterocycles. The van der Waals surface area contributed by atoms with Crippen molar-refractivity contribution in [1.82, 2.24) is 44.6 Å². The molecule has 8 rings (SSSR count). The summed E-state index contributed by atoms with van der Waals surface area (Å²) in [6.07, 6.45) is 3.85. The zero-order valence-corrected chi connectivity index (χ0v) is 24.8. The highest BCUT2D eigenvalue weighted by atomic mass is 32.1. The highest BCUT2D eigenvalue weighted by molar-refractivity contribution is 7.80. The standard InChI is InChI=1S/C34H29N9S/c44-34-41-40-33-26-13-14-27(36-29(26)20-30(43(33)34)24-6-2-1-3-7-24)23-11-9-22(10-12-23)21-42-18-15-25(16-19-42)31-37-32(39-38-31)28-8-4-5-17-35-28/h1-14,17,20,25H,15-16,18-19,21H2,(H,41,44)(H,37,38,39). The fourth-order valence-corrected chi connectivity index (χ4v) is 6.33. The molecule has 0 unspecified atom stereocenters. The maximum Gasteiger partial charge on any atom is 0.193 e. The predicted molar refractivity (Wildman–Crippen MR) is 173 cm³/mol. The summed E-state index contributed by atoms with van der Waals surface area (Å²) in [4.78, 5) is 16.7. The van der Waals surface area contributed by atoms with E-state index in [0.717, 1.165) is 88.9 Å². The number of fused-ring (bicyclic) bond motifs is 3. The van der Waals surface area contributed by atoms with Gasteiger partial charge >= 0.3 is 0 Å². The molecule has 1 aliphatic rings. The number of thiol groups is 1. The molecule has 0 amide bonds. The number of nitrogens with zero attached hydrogens (tertiary/aromatic N) is 8.